The predicted octanol–water partition coefficient (Wildman–Crippen LogP) is -2.77. The van der Waals surface area contributed by atoms with Crippen molar-refractivity contribution in [3.05, 3.63) is 0 Å². The van der Waals surface area contributed by atoms with E-state index in [0.29, 0.717) is 0 Å². The first kappa shape index (κ1) is 11.4. The SMILES string of the molecule is CNC(=O)CCNC(=O)C(=O)NN. The van der Waals surface area contributed by atoms with Crippen LogP contribution in [0.25, 0.3) is 0 Å². The highest BCUT2D eigenvalue weighted by Gasteiger charge is 2.10. The van der Waals surface area contributed by atoms with Crippen LogP contribution in [-0.2, 0) is 14.4 Å². The van der Waals surface area contributed by atoms with E-state index in [-0.39, 0.29) is 18.9 Å². The third kappa shape index (κ3) is 4.75. The molecule has 7 heteroatoms. The molecule has 0 aliphatic heterocycles. The summed E-state index contributed by atoms with van der Waals surface area (Å²) in [6.45, 7) is 0.103. The van der Waals surface area contributed by atoms with Crippen LogP contribution in [0, 0.1) is 0 Å². The minimum Gasteiger partial charge on any atom is -0.359 e. The van der Waals surface area contributed by atoms with Crippen LogP contribution in [0.15, 0.2) is 0 Å². The van der Waals surface area contributed by atoms with Crippen molar-refractivity contribution in [3.63, 3.8) is 0 Å². The van der Waals surface area contributed by atoms with Crippen LogP contribution in [0.4, 0.5) is 0 Å². The normalized spacial score (nSPS) is 8.77. The van der Waals surface area contributed by atoms with Crippen LogP contribution in [-0.4, -0.2) is 31.3 Å². The molecule has 0 aliphatic rings. The predicted molar refractivity (Wildman–Crippen MR) is 44.0 cm³/mol. The topological polar surface area (TPSA) is 113 Å². The van der Waals surface area contributed by atoms with Crippen molar-refractivity contribution >= 4 is 17.7 Å². The molecule has 0 unspecified atom stereocenters. The highest BCUT2D eigenvalue weighted by molar-refractivity contribution is 6.34. The Kier molecular flexibility index (Phi) is 5.20. The highest BCUT2D eigenvalue weighted by atomic mass is 16.2. The van der Waals surface area contributed by atoms with Crippen LogP contribution >= 0.6 is 0 Å². The molecule has 0 aromatic heterocycles. The van der Waals surface area contributed by atoms with Crippen molar-refractivity contribution in [3.8, 4) is 0 Å². The Morgan fingerprint density at radius 2 is 1.85 bits per heavy atom. The van der Waals surface area contributed by atoms with Crippen LogP contribution < -0.4 is 21.9 Å². The standard InChI is InChI=1S/C6H12N4O3/c1-8-4(11)2-3-9-5(12)6(13)10-7/h2-3,7H2,1H3,(H,8,11)(H,9,12)(H,10,13). The molecule has 0 aromatic carbocycles. The molecule has 7 nitrogen and oxygen atoms in total. The number of nitrogens with two attached hydrogens (primary N) is 1. The summed E-state index contributed by atoms with van der Waals surface area (Å²) in [5.74, 6) is 2.69. The van der Waals surface area contributed by atoms with E-state index in [0.717, 1.165) is 0 Å². The van der Waals surface area contributed by atoms with Gasteiger partial charge in [-0.25, -0.2) is 5.84 Å². The number of carbonyl (C=O) groups is 3. The fraction of sp³-hybridized carbons (Fsp3) is 0.500. The molecule has 0 radical (unpaired) electrons. The first-order valence-electron chi connectivity index (χ1n) is 3.61. The van der Waals surface area contributed by atoms with E-state index in [1.807, 2.05) is 0 Å². The van der Waals surface area contributed by atoms with Gasteiger partial charge in [-0.15, -0.1) is 0 Å². The van der Waals surface area contributed by atoms with Crippen molar-refractivity contribution in [1.82, 2.24) is 16.1 Å². The first-order chi connectivity index (χ1) is 6.11. The second-order valence-corrected chi connectivity index (χ2v) is 2.15. The Hall–Kier alpha value is -1.63. The second-order valence-electron chi connectivity index (χ2n) is 2.15. The monoisotopic (exact) mass is 188 g/mol. The minimum atomic E-state index is -0.933. The number of hydrazine groups is 1. The first-order valence-corrected chi connectivity index (χ1v) is 3.61. The van der Waals surface area contributed by atoms with E-state index >= 15 is 0 Å². The fourth-order valence-electron chi connectivity index (χ4n) is 0.560. The zero-order chi connectivity index (χ0) is 10.3. The molecule has 0 fully saturated rings. The molecular formula is C6H12N4O3. The van der Waals surface area contributed by atoms with Gasteiger partial charge in [-0.2, -0.15) is 0 Å². The van der Waals surface area contributed by atoms with Crippen LogP contribution in [0.1, 0.15) is 6.42 Å². The van der Waals surface area contributed by atoms with Crippen LogP contribution in [0.3, 0.4) is 0 Å². The lowest BCUT2D eigenvalue weighted by Gasteiger charge is -2.02. The molecule has 0 aromatic rings. The number of amides is 3. The summed E-state index contributed by atoms with van der Waals surface area (Å²) in [7, 11) is 1.48. The van der Waals surface area contributed by atoms with E-state index in [4.69, 9.17) is 5.84 Å². The largest absolute Gasteiger partial charge is 0.359 e. The summed E-state index contributed by atoms with van der Waals surface area (Å²) in [5, 5.41) is 4.57. The van der Waals surface area contributed by atoms with E-state index < -0.39 is 11.8 Å². The molecule has 13 heavy (non-hydrogen) atoms. The third-order valence-electron chi connectivity index (χ3n) is 1.25. The van der Waals surface area contributed by atoms with Crippen molar-refractivity contribution < 1.29 is 14.4 Å². The number of carbonyl (C=O) groups excluding carboxylic acids is 3. The lowest BCUT2D eigenvalue weighted by molar-refractivity contribution is -0.139. The van der Waals surface area contributed by atoms with Crippen molar-refractivity contribution in [2.24, 2.45) is 5.84 Å². The smallest absolute Gasteiger partial charge is 0.323 e. The van der Waals surface area contributed by atoms with E-state index in [9.17, 15) is 14.4 Å². The van der Waals surface area contributed by atoms with Gasteiger partial charge in [0.25, 0.3) is 0 Å². The number of hydrogen-bond donors (Lipinski definition) is 4. The fourth-order valence-corrected chi connectivity index (χ4v) is 0.560. The Balaban J connectivity index is 3.59. The maximum atomic E-state index is 10.7. The van der Waals surface area contributed by atoms with Crippen molar-refractivity contribution in [2.45, 2.75) is 6.42 Å². The van der Waals surface area contributed by atoms with Gasteiger partial charge in [0.15, 0.2) is 0 Å². The maximum absolute atomic E-state index is 10.7. The average molecular weight is 188 g/mol. The number of hydrogen-bond acceptors (Lipinski definition) is 4. The average Bonchev–Trinajstić information content (AvgIpc) is 2.15. The Bertz CT molecular complexity index is 216. The van der Waals surface area contributed by atoms with E-state index in [1.54, 1.807) is 5.43 Å². The van der Waals surface area contributed by atoms with Crippen LogP contribution in [0.2, 0.25) is 0 Å². The van der Waals surface area contributed by atoms with Gasteiger partial charge in [0, 0.05) is 20.0 Å². The summed E-state index contributed by atoms with van der Waals surface area (Å²) in [5.41, 5.74) is 1.67. The summed E-state index contributed by atoms with van der Waals surface area (Å²) in [6, 6.07) is 0. The zero-order valence-corrected chi connectivity index (χ0v) is 7.22. The molecule has 3 amide bonds. The Morgan fingerprint density at radius 3 is 2.31 bits per heavy atom. The number of nitrogens with one attached hydrogen (secondary N) is 3. The summed E-state index contributed by atoms with van der Waals surface area (Å²) >= 11 is 0. The van der Waals surface area contributed by atoms with Crippen molar-refractivity contribution in [1.29, 1.82) is 0 Å². The van der Waals surface area contributed by atoms with Gasteiger partial charge in [0.05, 0.1) is 0 Å². The zero-order valence-electron chi connectivity index (χ0n) is 7.22. The van der Waals surface area contributed by atoms with Gasteiger partial charge in [-0.1, -0.05) is 0 Å². The van der Waals surface area contributed by atoms with Crippen LogP contribution in [0.5, 0.6) is 0 Å². The molecule has 0 bridgehead atoms. The van der Waals surface area contributed by atoms with Gasteiger partial charge >= 0.3 is 11.8 Å². The molecule has 5 N–H and O–H groups in total. The van der Waals surface area contributed by atoms with Gasteiger partial charge < -0.3 is 10.6 Å². The van der Waals surface area contributed by atoms with Gasteiger partial charge in [0.1, 0.15) is 0 Å². The van der Waals surface area contributed by atoms with E-state index in [1.165, 1.54) is 7.05 Å². The minimum absolute atomic E-state index is 0.103. The third-order valence-corrected chi connectivity index (χ3v) is 1.25. The van der Waals surface area contributed by atoms with Crippen molar-refractivity contribution in [2.75, 3.05) is 13.6 Å². The second kappa shape index (κ2) is 5.95. The lowest BCUT2D eigenvalue weighted by atomic mass is 10.4. The Labute approximate surface area is 75.0 Å². The molecule has 0 atom stereocenters. The lowest BCUT2D eigenvalue weighted by Crippen LogP contribution is -2.43. The molecule has 0 saturated carbocycles. The molecular weight excluding hydrogens is 176 g/mol. The molecule has 74 valence electrons. The summed E-state index contributed by atoms with van der Waals surface area (Å²) in [6.07, 6.45) is 0.125. The quantitative estimate of drug-likeness (QED) is 0.166. The maximum Gasteiger partial charge on any atom is 0.323 e. The van der Waals surface area contributed by atoms with Gasteiger partial charge in [-0.05, 0) is 0 Å². The Morgan fingerprint density at radius 1 is 1.23 bits per heavy atom. The molecule has 0 rings (SSSR count). The summed E-state index contributed by atoms with van der Waals surface area (Å²) in [4.78, 5) is 31.9. The molecule has 0 aliphatic carbocycles. The summed E-state index contributed by atoms with van der Waals surface area (Å²) < 4.78 is 0. The molecule has 0 spiro atoms. The molecule has 0 saturated heterocycles. The van der Waals surface area contributed by atoms with E-state index in [2.05, 4.69) is 10.6 Å². The molecule has 0 heterocycles. The van der Waals surface area contributed by atoms with Gasteiger partial charge in [0.2, 0.25) is 5.91 Å². The number of rotatable bonds is 3. The highest BCUT2D eigenvalue weighted by Crippen LogP contribution is 1.75. The van der Waals surface area contributed by atoms with Gasteiger partial charge in [-0.3, -0.25) is 19.8 Å².